The Labute approximate surface area is 106 Å². The molecule has 0 atom stereocenters. The van der Waals surface area contributed by atoms with Gasteiger partial charge in [0.05, 0.1) is 12.2 Å². The van der Waals surface area contributed by atoms with Crippen molar-refractivity contribution in [2.75, 3.05) is 25.0 Å². The molecule has 0 saturated carbocycles. The van der Waals surface area contributed by atoms with Gasteiger partial charge < -0.3 is 15.3 Å². The summed E-state index contributed by atoms with van der Waals surface area (Å²) in [6.07, 6.45) is 1.32. The van der Waals surface area contributed by atoms with E-state index in [0.717, 1.165) is 0 Å². The molecule has 0 saturated heterocycles. The molecule has 98 valence electrons. The molecule has 1 aromatic rings. The number of aromatic nitrogens is 1. The Morgan fingerprint density at radius 1 is 1.50 bits per heavy atom. The van der Waals surface area contributed by atoms with E-state index in [1.807, 2.05) is 6.92 Å². The summed E-state index contributed by atoms with van der Waals surface area (Å²) in [5.41, 5.74) is 1.33. The maximum Gasteiger partial charge on any atom is 0.339 e. The van der Waals surface area contributed by atoms with Crippen LogP contribution in [-0.4, -0.2) is 42.1 Å². The molecule has 0 aliphatic rings. The second-order valence-electron chi connectivity index (χ2n) is 3.84. The SMILES string of the molecule is CCN(CC(=O)NC)c1cc(C)ncc1C(=O)O. The number of hydrogen-bond acceptors (Lipinski definition) is 4. The van der Waals surface area contributed by atoms with Gasteiger partial charge in [-0.2, -0.15) is 0 Å². The summed E-state index contributed by atoms with van der Waals surface area (Å²) in [6.45, 7) is 4.31. The first kappa shape index (κ1) is 14.0. The Bertz CT molecular complexity index is 460. The highest BCUT2D eigenvalue weighted by molar-refractivity contribution is 5.95. The molecule has 6 nitrogen and oxygen atoms in total. The largest absolute Gasteiger partial charge is 0.478 e. The van der Waals surface area contributed by atoms with E-state index in [0.29, 0.717) is 17.9 Å². The summed E-state index contributed by atoms with van der Waals surface area (Å²) >= 11 is 0. The van der Waals surface area contributed by atoms with Crippen molar-refractivity contribution in [1.29, 1.82) is 0 Å². The minimum absolute atomic E-state index is 0.103. The number of nitrogens with one attached hydrogen (secondary N) is 1. The van der Waals surface area contributed by atoms with Gasteiger partial charge in [-0.3, -0.25) is 9.78 Å². The van der Waals surface area contributed by atoms with Crippen LogP contribution < -0.4 is 10.2 Å². The quantitative estimate of drug-likeness (QED) is 0.803. The third kappa shape index (κ3) is 3.19. The second kappa shape index (κ2) is 6.00. The Kier molecular flexibility index (Phi) is 4.65. The molecule has 0 aromatic carbocycles. The Hall–Kier alpha value is -2.11. The highest BCUT2D eigenvalue weighted by Crippen LogP contribution is 2.20. The Morgan fingerprint density at radius 3 is 2.67 bits per heavy atom. The van der Waals surface area contributed by atoms with Crippen molar-refractivity contribution in [3.63, 3.8) is 0 Å². The molecule has 0 aliphatic heterocycles. The smallest absolute Gasteiger partial charge is 0.339 e. The number of rotatable bonds is 5. The predicted octanol–water partition coefficient (Wildman–Crippen LogP) is 0.661. The van der Waals surface area contributed by atoms with Gasteiger partial charge in [-0.15, -0.1) is 0 Å². The van der Waals surface area contributed by atoms with Crippen LogP contribution in [-0.2, 0) is 4.79 Å². The van der Waals surface area contributed by atoms with E-state index < -0.39 is 5.97 Å². The number of anilines is 1. The fraction of sp³-hybridized carbons (Fsp3) is 0.417. The van der Waals surface area contributed by atoms with E-state index in [4.69, 9.17) is 5.11 Å². The van der Waals surface area contributed by atoms with E-state index in [9.17, 15) is 9.59 Å². The minimum Gasteiger partial charge on any atom is -0.478 e. The van der Waals surface area contributed by atoms with Gasteiger partial charge in [-0.25, -0.2) is 4.79 Å². The molecule has 0 radical (unpaired) electrons. The number of nitrogens with zero attached hydrogens (tertiary/aromatic N) is 2. The van der Waals surface area contributed by atoms with Crippen molar-refractivity contribution < 1.29 is 14.7 Å². The van der Waals surface area contributed by atoms with Gasteiger partial charge in [-0.1, -0.05) is 0 Å². The number of aromatic carboxylic acids is 1. The monoisotopic (exact) mass is 251 g/mol. The molecule has 18 heavy (non-hydrogen) atoms. The van der Waals surface area contributed by atoms with E-state index in [1.165, 1.54) is 6.20 Å². The van der Waals surface area contributed by atoms with Crippen LogP contribution in [0.5, 0.6) is 0 Å². The first-order chi connectivity index (χ1) is 8.49. The van der Waals surface area contributed by atoms with Gasteiger partial charge in [-0.05, 0) is 19.9 Å². The summed E-state index contributed by atoms with van der Waals surface area (Å²) in [5, 5.41) is 11.6. The number of hydrogen-bond donors (Lipinski definition) is 2. The maximum atomic E-state index is 11.4. The fourth-order valence-corrected chi connectivity index (χ4v) is 1.59. The zero-order chi connectivity index (χ0) is 13.7. The van der Waals surface area contributed by atoms with Gasteiger partial charge in [0, 0.05) is 25.5 Å². The summed E-state index contributed by atoms with van der Waals surface area (Å²) in [4.78, 5) is 28.2. The number of pyridine rings is 1. The van der Waals surface area contributed by atoms with E-state index >= 15 is 0 Å². The number of aryl methyl sites for hydroxylation is 1. The number of likely N-dealkylation sites (N-methyl/N-ethyl adjacent to an activating group) is 2. The normalized spacial score (nSPS) is 9.94. The van der Waals surface area contributed by atoms with Crippen molar-refractivity contribution in [3.05, 3.63) is 23.5 Å². The molecule has 0 unspecified atom stereocenters. The molecule has 0 aliphatic carbocycles. The fourth-order valence-electron chi connectivity index (χ4n) is 1.59. The van der Waals surface area contributed by atoms with Crippen LogP contribution in [0.15, 0.2) is 12.3 Å². The molecule has 6 heteroatoms. The summed E-state index contributed by atoms with van der Waals surface area (Å²) in [7, 11) is 1.55. The lowest BCUT2D eigenvalue weighted by Gasteiger charge is -2.23. The lowest BCUT2D eigenvalue weighted by molar-refractivity contribution is -0.119. The highest BCUT2D eigenvalue weighted by Gasteiger charge is 2.17. The third-order valence-electron chi connectivity index (χ3n) is 2.58. The third-order valence-corrected chi connectivity index (χ3v) is 2.58. The molecule has 1 amide bonds. The highest BCUT2D eigenvalue weighted by atomic mass is 16.4. The maximum absolute atomic E-state index is 11.4. The lowest BCUT2D eigenvalue weighted by Crippen LogP contribution is -2.36. The summed E-state index contributed by atoms with van der Waals surface area (Å²) < 4.78 is 0. The molecule has 0 spiro atoms. The standard InChI is InChI=1S/C12H17N3O3/c1-4-15(7-11(16)13-3)10-5-8(2)14-6-9(10)12(17)18/h5-6H,4,7H2,1-3H3,(H,13,16)(H,17,18). The van der Waals surface area contributed by atoms with Crippen LogP contribution in [0.3, 0.4) is 0 Å². The molecule has 1 heterocycles. The van der Waals surface area contributed by atoms with E-state index in [2.05, 4.69) is 10.3 Å². The second-order valence-corrected chi connectivity index (χ2v) is 3.84. The zero-order valence-electron chi connectivity index (χ0n) is 10.7. The first-order valence-corrected chi connectivity index (χ1v) is 5.65. The lowest BCUT2D eigenvalue weighted by atomic mass is 10.2. The minimum atomic E-state index is -1.05. The summed E-state index contributed by atoms with van der Waals surface area (Å²) in [6, 6.07) is 1.68. The van der Waals surface area contributed by atoms with Crippen LogP contribution in [0.4, 0.5) is 5.69 Å². The van der Waals surface area contributed by atoms with Gasteiger partial charge in [0.15, 0.2) is 0 Å². The van der Waals surface area contributed by atoms with Crippen molar-refractivity contribution in [3.8, 4) is 0 Å². The van der Waals surface area contributed by atoms with E-state index in [-0.39, 0.29) is 18.0 Å². The van der Waals surface area contributed by atoms with Crippen molar-refractivity contribution in [2.24, 2.45) is 0 Å². The average molecular weight is 251 g/mol. The number of carboxylic acid groups (broad SMARTS) is 1. The Morgan fingerprint density at radius 2 is 2.17 bits per heavy atom. The van der Waals surface area contributed by atoms with Crippen molar-refractivity contribution in [1.82, 2.24) is 10.3 Å². The van der Waals surface area contributed by atoms with Gasteiger partial charge in [0.25, 0.3) is 0 Å². The van der Waals surface area contributed by atoms with Crippen LogP contribution >= 0.6 is 0 Å². The van der Waals surface area contributed by atoms with Gasteiger partial charge in [0.1, 0.15) is 5.56 Å². The van der Waals surface area contributed by atoms with E-state index in [1.54, 1.807) is 24.9 Å². The molecule has 2 N–H and O–H groups in total. The van der Waals surface area contributed by atoms with Crippen LogP contribution in [0.25, 0.3) is 0 Å². The molecular formula is C12H17N3O3. The summed E-state index contributed by atoms with van der Waals surface area (Å²) in [5.74, 6) is -1.21. The van der Waals surface area contributed by atoms with Crippen LogP contribution in [0, 0.1) is 6.92 Å². The molecule has 0 bridgehead atoms. The van der Waals surface area contributed by atoms with Crippen LogP contribution in [0.2, 0.25) is 0 Å². The number of carbonyl (C=O) groups is 2. The zero-order valence-corrected chi connectivity index (χ0v) is 10.7. The number of carbonyl (C=O) groups excluding carboxylic acids is 1. The van der Waals surface area contributed by atoms with Crippen molar-refractivity contribution in [2.45, 2.75) is 13.8 Å². The van der Waals surface area contributed by atoms with Gasteiger partial charge >= 0.3 is 5.97 Å². The predicted molar refractivity (Wildman–Crippen MR) is 67.9 cm³/mol. The molecule has 1 rings (SSSR count). The van der Waals surface area contributed by atoms with Gasteiger partial charge in [0.2, 0.25) is 5.91 Å². The topological polar surface area (TPSA) is 82.5 Å². The molecule has 1 aromatic heterocycles. The molecular weight excluding hydrogens is 234 g/mol. The number of carboxylic acids is 1. The first-order valence-electron chi connectivity index (χ1n) is 5.65. The number of amides is 1. The van der Waals surface area contributed by atoms with Crippen molar-refractivity contribution >= 4 is 17.6 Å². The average Bonchev–Trinajstić information content (AvgIpc) is 2.35. The molecule has 0 fully saturated rings. The van der Waals surface area contributed by atoms with Crippen LogP contribution in [0.1, 0.15) is 23.0 Å². The Balaban J connectivity index is 3.14.